The quantitative estimate of drug-likeness (QED) is 0.723. The standard InChI is InChI=1S/C10H24O2P2/c1-2-13-10(14(11)12)8-9-6-4-3-5-7-9/h9-13H,2-8,14H2,1H3. The van der Waals surface area contributed by atoms with Crippen LogP contribution in [0.3, 0.4) is 0 Å². The average molecular weight is 238 g/mol. The van der Waals surface area contributed by atoms with Crippen molar-refractivity contribution in [3.8, 4) is 0 Å². The normalized spacial score (nSPS) is 22.9. The Morgan fingerprint density at radius 1 is 1.29 bits per heavy atom. The van der Waals surface area contributed by atoms with E-state index >= 15 is 0 Å². The Balaban J connectivity index is 2.29. The van der Waals surface area contributed by atoms with Crippen LogP contribution in [0.4, 0.5) is 0 Å². The third-order valence-electron chi connectivity index (χ3n) is 3.14. The van der Waals surface area contributed by atoms with Gasteiger partial charge in [-0.15, -0.1) is 0 Å². The molecule has 1 fully saturated rings. The first-order valence-electron chi connectivity index (χ1n) is 5.83. The van der Waals surface area contributed by atoms with Gasteiger partial charge in [0.2, 0.25) is 0 Å². The van der Waals surface area contributed by atoms with E-state index in [2.05, 4.69) is 6.92 Å². The van der Waals surface area contributed by atoms with E-state index in [1.807, 2.05) is 0 Å². The zero-order chi connectivity index (χ0) is 10.4. The van der Waals surface area contributed by atoms with Crippen LogP contribution >= 0.6 is 17.0 Å². The molecule has 86 valence electrons. The third-order valence-corrected chi connectivity index (χ3v) is 6.90. The summed E-state index contributed by atoms with van der Waals surface area (Å²) in [5.41, 5.74) is 0. The molecule has 0 aromatic rings. The van der Waals surface area contributed by atoms with E-state index in [0.29, 0.717) is 0 Å². The van der Waals surface area contributed by atoms with Crippen molar-refractivity contribution >= 4 is 17.0 Å². The summed E-state index contributed by atoms with van der Waals surface area (Å²) >= 11 is 0. The molecule has 4 heteroatoms. The molecule has 0 radical (unpaired) electrons. The second kappa shape index (κ2) is 7.12. The van der Waals surface area contributed by atoms with Gasteiger partial charge in [-0.1, -0.05) is 0 Å². The van der Waals surface area contributed by atoms with Crippen molar-refractivity contribution in [2.45, 2.75) is 50.8 Å². The molecule has 14 heavy (non-hydrogen) atoms. The molecule has 1 aliphatic carbocycles. The third kappa shape index (κ3) is 4.53. The Morgan fingerprint density at radius 2 is 1.93 bits per heavy atom. The van der Waals surface area contributed by atoms with Crippen LogP contribution in [-0.4, -0.2) is 21.3 Å². The minimum atomic E-state index is -2.36. The molecule has 2 atom stereocenters. The summed E-state index contributed by atoms with van der Waals surface area (Å²) in [4.78, 5) is 18.8. The molecular formula is C10H24O2P2. The van der Waals surface area contributed by atoms with Crippen LogP contribution < -0.4 is 0 Å². The van der Waals surface area contributed by atoms with Crippen LogP contribution in [0.2, 0.25) is 0 Å². The maximum absolute atomic E-state index is 9.38. The monoisotopic (exact) mass is 238 g/mol. The first-order chi connectivity index (χ1) is 6.74. The Hall–Kier alpha value is 0.780. The first kappa shape index (κ1) is 12.8. The van der Waals surface area contributed by atoms with Crippen LogP contribution in [0, 0.1) is 5.92 Å². The molecule has 0 aromatic carbocycles. The van der Waals surface area contributed by atoms with Crippen molar-refractivity contribution in [1.29, 1.82) is 0 Å². The van der Waals surface area contributed by atoms with E-state index in [1.54, 1.807) is 0 Å². The Bertz CT molecular complexity index is 147. The summed E-state index contributed by atoms with van der Waals surface area (Å²) in [6, 6.07) is 0. The van der Waals surface area contributed by atoms with Crippen molar-refractivity contribution < 1.29 is 9.79 Å². The zero-order valence-corrected chi connectivity index (χ0v) is 11.2. The summed E-state index contributed by atoms with van der Waals surface area (Å²) in [7, 11) is -1.59. The number of hydrogen-bond donors (Lipinski definition) is 2. The fraction of sp³-hybridized carbons (Fsp3) is 1.00. The van der Waals surface area contributed by atoms with Crippen LogP contribution in [0.15, 0.2) is 0 Å². The molecule has 0 aromatic heterocycles. The van der Waals surface area contributed by atoms with Crippen molar-refractivity contribution in [2.75, 3.05) is 6.16 Å². The molecule has 1 saturated carbocycles. The van der Waals surface area contributed by atoms with Gasteiger partial charge in [0.1, 0.15) is 0 Å². The Morgan fingerprint density at radius 3 is 2.43 bits per heavy atom. The zero-order valence-electron chi connectivity index (χ0n) is 9.08. The number of rotatable bonds is 5. The summed E-state index contributed by atoms with van der Waals surface area (Å²) in [5, 5.41) is 0.281. The van der Waals surface area contributed by atoms with Gasteiger partial charge < -0.3 is 0 Å². The van der Waals surface area contributed by atoms with E-state index in [1.165, 1.54) is 32.1 Å². The topological polar surface area (TPSA) is 40.5 Å². The molecular weight excluding hydrogens is 214 g/mol. The van der Waals surface area contributed by atoms with Gasteiger partial charge in [-0.25, -0.2) is 0 Å². The first-order valence-corrected chi connectivity index (χ1v) is 8.82. The van der Waals surface area contributed by atoms with Crippen molar-refractivity contribution in [1.82, 2.24) is 0 Å². The van der Waals surface area contributed by atoms with Crippen LogP contribution in [0.1, 0.15) is 45.4 Å². The molecule has 0 amide bonds. The van der Waals surface area contributed by atoms with Gasteiger partial charge in [-0.2, -0.15) is 0 Å². The SMILES string of the molecule is CCPC(CC1CCCCC1)[PH2](O)O. The molecule has 1 rings (SSSR count). The summed E-state index contributed by atoms with van der Waals surface area (Å²) in [6.45, 7) is 2.14. The van der Waals surface area contributed by atoms with Crippen LogP contribution in [0.5, 0.6) is 0 Å². The van der Waals surface area contributed by atoms with Gasteiger partial charge in [0, 0.05) is 0 Å². The molecule has 0 spiro atoms. The predicted molar refractivity (Wildman–Crippen MR) is 68.0 cm³/mol. The van der Waals surface area contributed by atoms with E-state index in [4.69, 9.17) is 0 Å². The fourth-order valence-electron chi connectivity index (χ4n) is 2.35. The van der Waals surface area contributed by atoms with Gasteiger partial charge in [0.25, 0.3) is 0 Å². The molecule has 0 aliphatic heterocycles. The maximum atomic E-state index is 9.38. The summed E-state index contributed by atoms with van der Waals surface area (Å²) < 4.78 is 0. The van der Waals surface area contributed by atoms with E-state index in [0.717, 1.165) is 27.1 Å². The average Bonchev–Trinajstić information content (AvgIpc) is 2.18. The molecule has 0 bridgehead atoms. The van der Waals surface area contributed by atoms with Gasteiger partial charge in [-0.05, 0) is 0 Å². The van der Waals surface area contributed by atoms with Crippen LogP contribution in [-0.2, 0) is 0 Å². The van der Waals surface area contributed by atoms with E-state index in [9.17, 15) is 9.79 Å². The fourth-order valence-corrected chi connectivity index (χ4v) is 5.56. The van der Waals surface area contributed by atoms with Crippen LogP contribution in [0.25, 0.3) is 0 Å². The summed E-state index contributed by atoms with van der Waals surface area (Å²) in [5.74, 6) is 0.794. The Kier molecular flexibility index (Phi) is 6.53. The molecule has 2 nitrogen and oxygen atoms in total. The molecule has 0 saturated heterocycles. The van der Waals surface area contributed by atoms with Crippen molar-refractivity contribution in [2.24, 2.45) is 5.92 Å². The molecule has 2 N–H and O–H groups in total. The molecule has 0 heterocycles. The minimum absolute atomic E-state index is 0.281. The van der Waals surface area contributed by atoms with Gasteiger partial charge in [0.15, 0.2) is 0 Å². The number of hydrogen-bond acceptors (Lipinski definition) is 2. The molecule has 1 aliphatic rings. The second-order valence-corrected chi connectivity index (χ2v) is 8.47. The van der Waals surface area contributed by atoms with E-state index < -0.39 is 8.38 Å². The van der Waals surface area contributed by atoms with Gasteiger partial charge in [0.05, 0.1) is 0 Å². The van der Waals surface area contributed by atoms with Gasteiger partial charge in [-0.3, -0.25) is 0 Å². The van der Waals surface area contributed by atoms with Crippen molar-refractivity contribution in [3.05, 3.63) is 0 Å². The van der Waals surface area contributed by atoms with Gasteiger partial charge >= 0.3 is 89.7 Å². The van der Waals surface area contributed by atoms with E-state index in [-0.39, 0.29) is 5.40 Å². The summed E-state index contributed by atoms with van der Waals surface area (Å²) in [6.07, 6.45) is 8.96. The second-order valence-electron chi connectivity index (χ2n) is 4.32. The predicted octanol–water partition coefficient (Wildman–Crippen LogP) is 2.74. The molecule has 2 unspecified atom stereocenters. The Labute approximate surface area is 90.2 Å². The van der Waals surface area contributed by atoms with Crippen molar-refractivity contribution in [3.63, 3.8) is 0 Å².